The van der Waals surface area contributed by atoms with E-state index in [4.69, 9.17) is 11.6 Å². The van der Waals surface area contributed by atoms with Crippen LogP contribution in [0.1, 0.15) is 5.69 Å². The number of aryl methyl sites for hydroxylation is 1. The van der Waals surface area contributed by atoms with Crippen LogP contribution >= 0.6 is 11.6 Å². The van der Waals surface area contributed by atoms with E-state index in [1.165, 1.54) is 6.07 Å². The molecule has 1 aromatic carbocycles. The Morgan fingerprint density at radius 3 is 3.00 bits per heavy atom. The standard InChI is InChI=1S/C8H6ClFN2/c1-4-7-6(12-11-4)3-2-5(9)8(7)10/h2-3H,1H3,(H,11,12). The zero-order valence-corrected chi connectivity index (χ0v) is 7.11. The summed E-state index contributed by atoms with van der Waals surface area (Å²) in [6, 6.07) is 3.18. The Morgan fingerprint density at radius 2 is 2.25 bits per heavy atom. The predicted molar refractivity (Wildman–Crippen MR) is 45.8 cm³/mol. The molecule has 0 fully saturated rings. The third-order valence-electron chi connectivity index (χ3n) is 1.79. The summed E-state index contributed by atoms with van der Waals surface area (Å²) in [4.78, 5) is 0. The van der Waals surface area contributed by atoms with Crippen molar-refractivity contribution in [1.29, 1.82) is 0 Å². The van der Waals surface area contributed by atoms with Crippen molar-refractivity contribution >= 4 is 22.5 Å². The number of hydrogen-bond donors (Lipinski definition) is 1. The molecular weight excluding hydrogens is 179 g/mol. The Bertz CT molecular complexity index is 436. The Morgan fingerprint density at radius 1 is 1.50 bits per heavy atom. The fourth-order valence-corrected chi connectivity index (χ4v) is 1.35. The molecule has 1 heterocycles. The predicted octanol–water partition coefficient (Wildman–Crippen LogP) is 2.66. The van der Waals surface area contributed by atoms with Gasteiger partial charge in [-0.1, -0.05) is 11.6 Å². The van der Waals surface area contributed by atoms with Gasteiger partial charge in [-0.3, -0.25) is 5.10 Å². The molecule has 12 heavy (non-hydrogen) atoms. The fraction of sp³-hybridized carbons (Fsp3) is 0.125. The second-order valence-electron chi connectivity index (χ2n) is 2.60. The van der Waals surface area contributed by atoms with Gasteiger partial charge in [0, 0.05) is 5.69 Å². The lowest BCUT2D eigenvalue weighted by atomic mass is 10.2. The molecule has 0 unspecified atom stereocenters. The lowest BCUT2D eigenvalue weighted by Crippen LogP contribution is -1.79. The van der Waals surface area contributed by atoms with Gasteiger partial charge in [-0.2, -0.15) is 5.10 Å². The minimum absolute atomic E-state index is 0.131. The maximum atomic E-state index is 13.3. The van der Waals surface area contributed by atoms with E-state index in [0.29, 0.717) is 16.6 Å². The number of aromatic amines is 1. The van der Waals surface area contributed by atoms with Crippen molar-refractivity contribution in [2.24, 2.45) is 0 Å². The quantitative estimate of drug-likeness (QED) is 0.670. The van der Waals surface area contributed by atoms with Crippen LogP contribution in [0, 0.1) is 12.7 Å². The highest BCUT2D eigenvalue weighted by Gasteiger charge is 2.09. The van der Waals surface area contributed by atoms with Crippen molar-refractivity contribution < 1.29 is 4.39 Å². The highest BCUT2D eigenvalue weighted by atomic mass is 35.5. The number of benzene rings is 1. The molecule has 2 aromatic rings. The summed E-state index contributed by atoms with van der Waals surface area (Å²) in [6.07, 6.45) is 0. The van der Waals surface area contributed by atoms with Gasteiger partial charge < -0.3 is 0 Å². The highest BCUT2D eigenvalue weighted by Crippen LogP contribution is 2.24. The average Bonchev–Trinajstić information content (AvgIpc) is 2.41. The van der Waals surface area contributed by atoms with Gasteiger partial charge in [0.2, 0.25) is 0 Å². The molecule has 62 valence electrons. The highest BCUT2D eigenvalue weighted by molar-refractivity contribution is 6.31. The number of hydrogen-bond acceptors (Lipinski definition) is 1. The first-order valence-corrected chi connectivity index (χ1v) is 3.86. The molecule has 0 amide bonds. The molecule has 2 nitrogen and oxygen atoms in total. The molecule has 4 heteroatoms. The number of halogens is 2. The lowest BCUT2D eigenvalue weighted by Gasteiger charge is -1.94. The minimum atomic E-state index is -0.402. The van der Waals surface area contributed by atoms with Crippen LogP contribution in [0.3, 0.4) is 0 Å². The molecule has 0 aliphatic rings. The van der Waals surface area contributed by atoms with E-state index in [2.05, 4.69) is 10.2 Å². The van der Waals surface area contributed by atoms with E-state index in [1.54, 1.807) is 13.0 Å². The number of aromatic nitrogens is 2. The van der Waals surface area contributed by atoms with Gasteiger partial charge in [-0.15, -0.1) is 0 Å². The average molecular weight is 185 g/mol. The van der Waals surface area contributed by atoms with Gasteiger partial charge in [0.15, 0.2) is 5.82 Å². The summed E-state index contributed by atoms with van der Waals surface area (Å²) in [7, 11) is 0. The number of nitrogens with one attached hydrogen (secondary N) is 1. The monoisotopic (exact) mass is 184 g/mol. The second-order valence-corrected chi connectivity index (χ2v) is 3.01. The Balaban J connectivity index is 2.96. The maximum absolute atomic E-state index is 13.3. The summed E-state index contributed by atoms with van der Waals surface area (Å²) in [6.45, 7) is 1.76. The normalized spacial score (nSPS) is 10.9. The third-order valence-corrected chi connectivity index (χ3v) is 2.08. The molecule has 1 aromatic heterocycles. The van der Waals surface area contributed by atoms with Crippen LogP contribution in [-0.4, -0.2) is 10.2 Å². The fourth-order valence-electron chi connectivity index (χ4n) is 1.19. The van der Waals surface area contributed by atoms with Gasteiger partial charge in [-0.05, 0) is 19.1 Å². The van der Waals surface area contributed by atoms with E-state index in [1.807, 2.05) is 0 Å². The molecule has 0 radical (unpaired) electrons. The van der Waals surface area contributed by atoms with Gasteiger partial charge in [-0.25, -0.2) is 4.39 Å². The first-order chi connectivity index (χ1) is 5.70. The molecular formula is C8H6ClFN2. The van der Waals surface area contributed by atoms with Crippen molar-refractivity contribution in [3.8, 4) is 0 Å². The zero-order chi connectivity index (χ0) is 8.72. The van der Waals surface area contributed by atoms with Gasteiger partial charge in [0.25, 0.3) is 0 Å². The Hall–Kier alpha value is -1.09. The number of rotatable bonds is 0. The first-order valence-electron chi connectivity index (χ1n) is 3.49. The largest absolute Gasteiger partial charge is 0.282 e. The number of nitrogens with zero attached hydrogens (tertiary/aromatic N) is 1. The maximum Gasteiger partial charge on any atom is 0.153 e. The molecule has 0 saturated heterocycles. The summed E-state index contributed by atoms with van der Waals surface area (Å²) >= 11 is 5.60. The van der Waals surface area contributed by atoms with Crippen LogP contribution < -0.4 is 0 Å². The van der Waals surface area contributed by atoms with E-state index < -0.39 is 5.82 Å². The van der Waals surface area contributed by atoms with Crippen LogP contribution in [0.2, 0.25) is 5.02 Å². The summed E-state index contributed by atoms with van der Waals surface area (Å²) in [5, 5.41) is 7.20. The van der Waals surface area contributed by atoms with Gasteiger partial charge in [0.1, 0.15) is 0 Å². The van der Waals surface area contributed by atoms with Gasteiger partial charge >= 0.3 is 0 Å². The van der Waals surface area contributed by atoms with Crippen molar-refractivity contribution in [2.75, 3.05) is 0 Å². The van der Waals surface area contributed by atoms with E-state index >= 15 is 0 Å². The molecule has 0 atom stereocenters. The van der Waals surface area contributed by atoms with E-state index in [-0.39, 0.29) is 5.02 Å². The van der Waals surface area contributed by atoms with Gasteiger partial charge in [0.05, 0.1) is 15.9 Å². The lowest BCUT2D eigenvalue weighted by molar-refractivity contribution is 0.640. The van der Waals surface area contributed by atoms with Crippen molar-refractivity contribution in [3.63, 3.8) is 0 Å². The van der Waals surface area contributed by atoms with Crippen LogP contribution in [0.4, 0.5) is 4.39 Å². The van der Waals surface area contributed by atoms with E-state index in [0.717, 1.165) is 0 Å². The zero-order valence-electron chi connectivity index (χ0n) is 6.36. The number of fused-ring (bicyclic) bond motifs is 1. The minimum Gasteiger partial charge on any atom is -0.282 e. The van der Waals surface area contributed by atoms with Crippen molar-refractivity contribution in [2.45, 2.75) is 6.92 Å². The first kappa shape index (κ1) is 7.55. The molecule has 2 rings (SSSR count). The summed E-state index contributed by atoms with van der Waals surface area (Å²) < 4.78 is 13.3. The topological polar surface area (TPSA) is 28.7 Å². The van der Waals surface area contributed by atoms with E-state index in [9.17, 15) is 4.39 Å². The molecule has 0 bridgehead atoms. The molecule has 1 N–H and O–H groups in total. The number of H-pyrrole nitrogens is 1. The molecule has 0 saturated carbocycles. The molecule has 0 aliphatic heterocycles. The second kappa shape index (κ2) is 2.45. The third kappa shape index (κ3) is 0.898. The summed E-state index contributed by atoms with van der Waals surface area (Å²) in [5.74, 6) is -0.402. The van der Waals surface area contributed by atoms with Crippen LogP contribution in [0.25, 0.3) is 10.9 Å². The van der Waals surface area contributed by atoms with Crippen molar-refractivity contribution in [3.05, 3.63) is 28.7 Å². The Kier molecular flexibility index (Phi) is 1.54. The molecule has 0 aliphatic carbocycles. The smallest absolute Gasteiger partial charge is 0.153 e. The Labute approximate surface area is 73.3 Å². The summed E-state index contributed by atoms with van der Waals surface area (Å²) in [5.41, 5.74) is 1.31. The van der Waals surface area contributed by atoms with Crippen LogP contribution in [-0.2, 0) is 0 Å². The molecule has 0 spiro atoms. The van der Waals surface area contributed by atoms with Crippen molar-refractivity contribution in [1.82, 2.24) is 10.2 Å². The SMILES string of the molecule is Cc1[nH]nc2ccc(Cl)c(F)c12. The van der Waals surface area contributed by atoms with Crippen LogP contribution in [0.5, 0.6) is 0 Å². The van der Waals surface area contributed by atoms with Crippen LogP contribution in [0.15, 0.2) is 12.1 Å².